The number of rotatable bonds is 12. The minimum atomic E-state index is 1.18. The molecule has 29 heavy (non-hydrogen) atoms. The van der Waals surface area contributed by atoms with Crippen LogP contribution in [0.5, 0.6) is 0 Å². The highest BCUT2D eigenvalue weighted by Gasteiger charge is 2.17. The molecule has 0 saturated carbocycles. The molecule has 0 aliphatic rings. The molecule has 5 heteroatoms. The molecule has 0 atom stereocenters. The summed E-state index contributed by atoms with van der Waals surface area (Å²) in [6.07, 6.45) is 12.9. The fraction of sp³-hybridized carbons (Fsp3) is 0.500. The third kappa shape index (κ3) is 6.52. The lowest BCUT2D eigenvalue weighted by molar-refractivity contribution is 0.667. The summed E-state index contributed by atoms with van der Waals surface area (Å²) < 4.78 is 2.62. The average molecular weight is 575 g/mol. The van der Waals surface area contributed by atoms with Crippen molar-refractivity contribution in [1.29, 1.82) is 0 Å². The zero-order chi connectivity index (χ0) is 20.6. The van der Waals surface area contributed by atoms with E-state index < -0.39 is 0 Å². The molecule has 0 aliphatic carbocycles. The number of thiophene rings is 3. The quantitative estimate of drug-likeness (QED) is 0.189. The first-order valence-electron chi connectivity index (χ1n) is 10.8. The molecule has 0 nitrogen and oxygen atoms in total. The molecule has 0 bridgehead atoms. The topological polar surface area (TPSA) is 0 Å². The van der Waals surface area contributed by atoms with Crippen LogP contribution in [-0.4, -0.2) is 0 Å². The minimum absolute atomic E-state index is 1.18. The van der Waals surface area contributed by atoms with Crippen LogP contribution in [0.25, 0.3) is 20.2 Å². The van der Waals surface area contributed by atoms with Crippen LogP contribution in [0, 0.1) is 0 Å². The first-order chi connectivity index (χ1) is 14.1. The smallest absolute Gasteiger partial charge is 0.0737 e. The summed E-state index contributed by atoms with van der Waals surface area (Å²) in [5.41, 5.74) is 4.35. The van der Waals surface area contributed by atoms with E-state index >= 15 is 0 Å². The van der Waals surface area contributed by atoms with Crippen LogP contribution >= 0.6 is 65.9 Å². The summed E-state index contributed by atoms with van der Waals surface area (Å²) in [5, 5.41) is 2.24. The van der Waals surface area contributed by atoms with Gasteiger partial charge in [-0.25, -0.2) is 0 Å². The summed E-state index contributed by atoms with van der Waals surface area (Å²) in [6, 6.07) is 7.14. The Bertz CT molecular complexity index is 817. The third-order valence-corrected chi connectivity index (χ3v) is 10.3. The molecule has 0 N–H and O–H groups in total. The highest BCUT2D eigenvalue weighted by molar-refractivity contribution is 9.11. The van der Waals surface area contributed by atoms with Crippen molar-refractivity contribution in [2.45, 2.75) is 78.1 Å². The van der Waals surface area contributed by atoms with Crippen molar-refractivity contribution in [3.63, 3.8) is 0 Å². The van der Waals surface area contributed by atoms with Gasteiger partial charge in [0.05, 0.1) is 12.4 Å². The second-order valence-electron chi connectivity index (χ2n) is 7.60. The molecule has 3 aromatic heterocycles. The van der Waals surface area contributed by atoms with E-state index in [2.05, 4.69) is 69.3 Å². The molecule has 0 aromatic carbocycles. The van der Waals surface area contributed by atoms with E-state index in [-0.39, 0.29) is 0 Å². The van der Waals surface area contributed by atoms with Crippen molar-refractivity contribution < 1.29 is 0 Å². The monoisotopic (exact) mass is 572 g/mol. The number of hydrogen-bond donors (Lipinski definition) is 0. The molecular weight excluding hydrogens is 544 g/mol. The molecular formula is C24H30Br2S3. The number of halogens is 2. The first kappa shape index (κ1) is 23.7. The Morgan fingerprint density at radius 3 is 1.86 bits per heavy atom. The van der Waals surface area contributed by atoms with Crippen LogP contribution in [0.1, 0.15) is 76.3 Å². The average Bonchev–Trinajstić information content (AvgIpc) is 3.41. The molecule has 0 spiro atoms. The van der Waals surface area contributed by atoms with E-state index in [0.29, 0.717) is 0 Å². The van der Waals surface area contributed by atoms with Gasteiger partial charge in [-0.15, -0.1) is 34.0 Å². The summed E-state index contributed by atoms with van der Waals surface area (Å²) >= 11 is 13.3. The maximum absolute atomic E-state index is 3.83. The summed E-state index contributed by atoms with van der Waals surface area (Å²) in [5.74, 6) is 0. The fourth-order valence-corrected chi connectivity index (χ4v) is 8.26. The van der Waals surface area contributed by atoms with E-state index in [0.717, 1.165) is 0 Å². The molecule has 3 rings (SSSR count). The van der Waals surface area contributed by atoms with E-state index in [1.54, 1.807) is 0 Å². The van der Waals surface area contributed by atoms with Gasteiger partial charge in [0.25, 0.3) is 0 Å². The Balaban J connectivity index is 1.74. The van der Waals surface area contributed by atoms with Crippen molar-refractivity contribution in [1.82, 2.24) is 0 Å². The summed E-state index contributed by atoms with van der Waals surface area (Å²) in [7, 11) is 0. The Morgan fingerprint density at radius 1 is 0.724 bits per heavy atom. The summed E-state index contributed by atoms with van der Waals surface area (Å²) in [4.78, 5) is 4.22. The zero-order valence-corrected chi connectivity index (χ0v) is 23.0. The van der Waals surface area contributed by atoms with Gasteiger partial charge in [0.2, 0.25) is 0 Å². The largest absolute Gasteiger partial charge is 0.142 e. The first-order valence-corrected chi connectivity index (χ1v) is 14.9. The molecule has 3 heterocycles. The summed E-state index contributed by atoms with van der Waals surface area (Å²) in [6.45, 7) is 4.55. The van der Waals surface area contributed by atoms with Gasteiger partial charge in [0, 0.05) is 15.3 Å². The Morgan fingerprint density at radius 2 is 1.28 bits per heavy atom. The fourth-order valence-electron chi connectivity index (χ4n) is 3.58. The SMILES string of the molecule is CCCCCCc1cc(-c2ccsc2-c2cc(CCCCCC)c(Br)s2)sc1Br. The van der Waals surface area contributed by atoms with Crippen LogP contribution in [0.2, 0.25) is 0 Å². The molecule has 0 saturated heterocycles. The van der Waals surface area contributed by atoms with Crippen LogP contribution in [0.4, 0.5) is 0 Å². The lowest BCUT2D eigenvalue weighted by Gasteiger charge is -2.00. The van der Waals surface area contributed by atoms with Crippen molar-refractivity contribution in [3.8, 4) is 20.2 Å². The Labute approximate surface area is 205 Å². The minimum Gasteiger partial charge on any atom is -0.142 e. The zero-order valence-electron chi connectivity index (χ0n) is 17.4. The van der Waals surface area contributed by atoms with E-state index in [1.807, 2.05) is 34.0 Å². The van der Waals surface area contributed by atoms with Crippen molar-refractivity contribution >= 4 is 65.9 Å². The third-order valence-electron chi connectivity index (χ3n) is 5.27. The van der Waals surface area contributed by atoms with Crippen molar-refractivity contribution in [2.75, 3.05) is 0 Å². The van der Waals surface area contributed by atoms with E-state index in [1.165, 1.54) is 103 Å². The predicted molar refractivity (Wildman–Crippen MR) is 142 cm³/mol. The maximum atomic E-state index is 3.83. The van der Waals surface area contributed by atoms with Gasteiger partial charge in [-0.3, -0.25) is 0 Å². The predicted octanol–water partition coefficient (Wildman–Crippen LogP) is 11.0. The van der Waals surface area contributed by atoms with Crippen LogP contribution < -0.4 is 0 Å². The van der Waals surface area contributed by atoms with Crippen LogP contribution in [0.3, 0.4) is 0 Å². The van der Waals surface area contributed by atoms with Gasteiger partial charge in [-0.05, 0) is 92.2 Å². The van der Waals surface area contributed by atoms with Crippen molar-refractivity contribution in [3.05, 3.63) is 42.3 Å². The van der Waals surface area contributed by atoms with E-state index in [9.17, 15) is 0 Å². The van der Waals surface area contributed by atoms with Gasteiger partial charge < -0.3 is 0 Å². The second kappa shape index (κ2) is 12.2. The number of aryl methyl sites for hydroxylation is 2. The lowest BCUT2D eigenvalue weighted by atomic mass is 10.1. The molecule has 0 fully saturated rings. The maximum Gasteiger partial charge on any atom is 0.0737 e. The standard InChI is InChI=1S/C24H30Br2S3/c1-3-5-7-9-11-17-15-20(28-23(17)25)19-13-14-27-22(19)21-16-18(24(26)29-21)12-10-8-6-4-2/h13-16H,3-12H2,1-2H3. The highest BCUT2D eigenvalue weighted by Crippen LogP contribution is 2.46. The van der Waals surface area contributed by atoms with Crippen molar-refractivity contribution in [2.24, 2.45) is 0 Å². The number of hydrogen-bond acceptors (Lipinski definition) is 3. The Hall–Kier alpha value is 0.0600. The molecule has 3 aromatic rings. The number of unbranched alkanes of at least 4 members (excludes halogenated alkanes) is 6. The Kier molecular flexibility index (Phi) is 9.97. The molecule has 158 valence electrons. The van der Waals surface area contributed by atoms with Gasteiger partial charge in [0.15, 0.2) is 0 Å². The van der Waals surface area contributed by atoms with Crippen LogP contribution in [-0.2, 0) is 12.8 Å². The van der Waals surface area contributed by atoms with Gasteiger partial charge >= 0.3 is 0 Å². The van der Waals surface area contributed by atoms with Gasteiger partial charge in [-0.1, -0.05) is 52.4 Å². The normalized spacial score (nSPS) is 11.4. The second-order valence-corrected chi connectivity index (χ2v) is 13.3. The highest BCUT2D eigenvalue weighted by atomic mass is 79.9. The van der Waals surface area contributed by atoms with Gasteiger partial charge in [0.1, 0.15) is 0 Å². The van der Waals surface area contributed by atoms with Gasteiger partial charge in [-0.2, -0.15) is 0 Å². The van der Waals surface area contributed by atoms with E-state index in [4.69, 9.17) is 0 Å². The molecule has 0 amide bonds. The molecule has 0 aliphatic heterocycles. The molecule has 0 radical (unpaired) electrons. The van der Waals surface area contributed by atoms with Crippen LogP contribution in [0.15, 0.2) is 31.2 Å². The molecule has 0 unspecified atom stereocenters. The lowest BCUT2D eigenvalue weighted by Crippen LogP contribution is -1.84.